The summed E-state index contributed by atoms with van der Waals surface area (Å²) in [5.41, 5.74) is 0. The Morgan fingerprint density at radius 1 is 1.46 bits per heavy atom. The average molecular weight is 187 g/mol. The van der Waals surface area contributed by atoms with Crippen molar-refractivity contribution in [1.29, 1.82) is 0 Å². The Morgan fingerprint density at radius 3 is 2.46 bits per heavy atom. The van der Waals surface area contributed by atoms with Gasteiger partial charge in [0, 0.05) is 13.0 Å². The maximum Gasteiger partial charge on any atom is 0.248 e. The molecule has 13 heavy (non-hydrogen) atoms. The summed E-state index contributed by atoms with van der Waals surface area (Å²) >= 11 is 0. The van der Waals surface area contributed by atoms with Crippen molar-refractivity contribution in [3.63, 3.8) is 0 Å². The summed E-state index contributed by atoms with van der Waals surface area (Å²) in [6.07, 6.45) is 4.12. The third kappa shape index (κ3) is 4.27. The van der Waals surface area contributed by atoms with Gasteiger partial charge in [0.2, 0.25) is 5.91 Å². The third-order valence-corrected chi connectivity index (χ3v) is 2.33. The molecule has 0 aliphatic heterocycles. The van der Waals surface area contributed by atoms with E-state index in [9.17, 15) is 4.79 Å². The number of carbonyl (C=O) groups excluding carboxylic acids is 1. The zero-order valence-electron chi connectivity index (χ0n) is 9.17. The molecule has 0 radical (unpaired) electrons. The monoisotopic (exact) mass is 187 g/mol. The second kappa shape index (κ2) is 6.89. The Balaban J connectivity index is 3.98. The molecule has 1 atom stereocenters. The predicted octanol–water partition coefficient (Wildman–Crippen LogP) is 2.22. The van der Waals surface area contributed by atoms with E-state index in [-0.39, 0.29) is 11.8 Å². The van der Waals surface area contributed by atoms with Gasteiger partial charge in [-0.2, -0.15) is 0 Å². The van der Waals surface area contributed by atoms with E-state index < -0.39 is 0 Å². The van der Waals surface area contributed by atoms with E-state index in [0.717, 1.165) is 25.7 Å². The third-order valence-electron chi connectivity index (χ3n) is 2.33. The average Bonchev–Trinajstić information content (AvgIpc) is 2.17. The molecule has 0 heterocycles. The van der Waals surface area contributed by atoms with Crippen molar-refractivity contribution < 1.29 is 9.63 Å². The first-order valence-electron chi connectivity index (χ1n) is 4.99. The van der Waals surface area contributed by atoms with Crippen LogP contribution in [0.4, 0.5) is 0 Å². The van der Waals surface area contributed by atoms with Gasteiger partial charge in [0.15, 0.2) is 0 Å². The van der Waals surface area contributed by atoms with Crippen molar-refractivity contribution in [2.24, 2.45) is 5.92 Å². The molecule has 1 amide bonds. The van der Waals surface area contributed by atoms with Crippen LogP contribution in [0.15, 0.2) is 0 Å². The van der Waals surface area contributed by atoms with Gasteiger partial charge in [0.1, 0.15) is 0 Å². The van der Waals surface area contributed by atoms with Crippen LogP contribution in [0.3, 0.4) is 0 Å². The van der Waals surface area contributed by atoms with Gasteiger partial charge in [0.05, 0.1) is 7.11 Å². The molecule has 0 saturated heterocycles. The molecule has 0 rings (SSSR count). The highest BCUT2D eigenvalue weighted by Crippen LogP contribution is 2.14. The number of unbranched alkanes of at least 4 members (excludes halogenated alkanes) is 1. The zero-order chi connectivity index (χ0) is 10.3. The summed E-state index contributed by atoms with van der Waals surface area (Å²) in [6, 6.07) is 0. The van der Waals surface area contributed by atoms with Gasteiger partial charge in [0.25, 0.3) is 0 Å². The van der Waals surface area contributed by atoms with Crippen LogP contribution < -0.4 is 0 Å². The quantitative estimate of drug-likeness (QED) is 0.597. The summed E-state index contributed by atoms with van der Waals surface area (Å²) in [6.45, 7) is 4.18. The van der Waals surface area contributed by atoms with E-state index in [1.54, 1.807) is 7.05 Å². The van der Waals surface area contributed by atoms with Crippen molar-refractivity contribution >= 4 is 5.91 Å². The van der Waals surface area contributed by atoms with E-state index in [2.05, 4.69) is 6.92 Å². The lowest BCUT2D eigenvalue weighted by molar-refractivity contribution is -0.173. The predicted molar refractivity (Wildman–Crippen MR) is 53.1 cm³/mol. The Bertz CT molecular complexity index is 148. The molecule has 1 unspecified atom stereocenters. The topological polar surface area (TPSA) is 29.5 Å². The SMILES string of the molecule is CCCCC(CC)C(=O)N(C)OC. The number of hydrogen-bond donors (Lipinski definition) is 0. The van der Waals surface area contributed by atoms with Gasteiger partial charge in [-0.1, -0.05) is 26.7 Å². The summed E-state index contributed by atoms with van der Waals surface area (Å²) in [5.74, 6) is 0.225. The van der Waals surface area contributed by atoms with E-state index in [4.69, 9.17) is 4.84 Å². The molecule has 3 nitrogen and oxygen atoms in total. The lowest BCUT2D eigenvalue weighted by Crippen LogP contribution is -2.31. The number of rotatable bonds is 6. The summed E-state index contributed by atoms with van der Waals surface area (Å²) in [4.78, 5) is 16.5. The molecule has 0 N–H and O–H groups in total. The smallest absolute Gasteiger partial charge is 0.248 e. The fourth-order valence-electron chi connectivity index (χ4n) is 1.30. The van der Waals surface area contributed by atoms with Crippen LogP contribution in [0, 0.1) is 5.92 Å². The van der Waals surface area contributed by atoms with Gasteiger partial charge in [-0.25, -0.2) is 5.06 Å². The summed E-state index contributed by atoms with van der Waals surface area (Å²) in [7, 11) is 3.18. The molecule has 0 spiro atoms. The highest BCUT2D eigenvalue weighted by Gasteiger charge is 2.19. The van der Waals surface area contributed by atoms with Gasteiger partial charge in [-0.05, 0) is 12.8 Å². The fraction of sp³-hybridized carbons (Fsp3) is 0.900. The number of amides is 1. The molecule has 0 saturated carbocycles. The van der Waals surface area contributed by atoms with Gasteiger partial charge < -0.3 is 0 Å². The molecule has 0 aromatic carbocycles. The van der Waals surface area contributed by atoms with Gasteiger partial charge in [-0.3, -0.25) is 9.63 Å². The second-order valence-corrected chi connectivity index (χ2v) is 3.27. The van der Waals surface area contributed by atoms with Crippen molar-refractivity contribution in [1.82, 2.24) is 5.06 Å². The maximum absolute atomic E-state index is 11.6. The Labute approximate surface area is 81.0 Å². The standard InChI is InChI=1S/C10H21NO2/c1-5-7-8-9(6-2)10(12)11(3)13-4/h9H,5-8H2,1-4H3. The van der Waals surface area contributed by atoms with Crippen LogP contribution in [0.5, 0.6) is 0 Å². The molecule has 0 fully saturated rings. The van der Waals surface area contributed by atoms with Crippen molar-refractivity contribution in [2.75, 3.05) is 14.2 Å². The van der Waals surface area contributed by atoms with Crippen LogP contribution in [0.1, 0.15) is 39.5 Å². The van der Waals surface area contributed by atoms with Crippen molar-refractivity contribution in [3.05, 3.63) is 0 Å². The lowest BCUT2D eigenvalue weighted by atomic mass is 9.98. The van der Waals surface area contributed by atoms with E-state index in [1.165, 1.54) is 12.2 Å². The number of hydrogen-bond acceptors (Lipinski definition) is 2. The van der Waals surface area contributed by atoms with Crippen LogP contribution in [0.25, 0.3) is 0 Å². The minimum absolute atomic E-state index is 0.0958. The largest absolute Gasteiger partial charge is 0.275 e. The van der Waals surface area contributed by atoms with Crippen LogP contribution in [-0.4, -0.2) is 25.1 Å². The Hall–Kier alpha value is -0.570. The number of carbonyl (C=O) groups is 1. The first-order chi connectivity index (χ1) is 6.17. The Morgan fingerprint density at radius 2 is 2.08 bits per heavy atom. The minimum Gasteiger partial charge on any atom is -0.275 e. The molecule has 0 aromatic rings. The summed E-state index contributed by atoms with van der Waals surface area (Å²) < 4.78 is 0. The van der Waals surface area contributed by atoms with Crippen molar-refractivity contribution in [2.45, 2.75) is 39.5 Å². The molecule has 0 bridgehead atoms. The first-order valence-corrected chi connectivity index (χ1v) is 4.99. The molecule has 0 aliphatic carbocycles. The fourth-order valence-corrected chi connectivity index (χ4v) is 1.30. The molecule has 3 heteroatoms. The van der Waals surface area contributed by atoms with E-state index in [0.29, 0.717) is 0 Å². The normalized spacial score (nSPS) is 12.6. The first kappa shape index (κ1) is 12.4. The van der Waals surface area contributed by atoms with Crippen LogP contribution in [0.2, 0.25) is 0 Å². The molecular formula is C10H21NO2. The highest BCUT2D eigenvalue weighted by molar-refractivity contribution is 5.77. The Kier molecular flexibility index (Phi) is 6.59. The molecule has 78 valence electrons. The lowest BCUT2D eigenvalue weighted by Gasteiger charge is -2.20. The summed E-state index contributed by atoms with van der Waals surface area (Å²) in [5, 5.41) is 1.32. The highest BCUT2D eigenvalue weighted by atomic mass is 16.7. The molecule has 0 aliphatic rings. The maximum atomic E-state index is 11.6. The van der Waals surface area contributed by atoms with E-state index in [1.807, 2.05) is 6.92 Å². The molecular weight excluding hydrogens is 166 g/mol. The number of hydroxylamine groups is 2. The van der Waals surface area contributed by atoms with E-state index >= 15 is 0 Å². The van der Waals surface area contributed by atoms with Gasteiger partial charge >= 0.3 is 0 Å². The van der Waals surface area contributed by atoms with Gasteiger partial charge in [-0.15, -0.1) is 0 Å². The zero-order valence-corrected chi connectivity index (χ0v) is 9.17. The van der Waals surface area contributed by atoms with Crippen LogP contribution >= 0.6 is 0 Å². The minimum atomic E-state index is 0.0958. The van der Waals surface area contributed by atoms with Crippen molar-refractivity contribution in [3.8, 4) is 0 Å². The van der Waals surface area contributed by atoms with Crippen LogP contribution in [-0.2, 0) is 9.63 Å². The molecule has 0 aromatic heterocycles. The number of nitrogens with zero attached hydrogens (tertiary/aromatic N) is 1. The second-order valence-electron chi connectivity index (χ2n) is 3.27.